The fourth-order valence-electron chi connectivity index (χ4n) is 3.47. The summed E-state index contributed by atoms with van der Waals surface area (Å²) in [6.45, 7) is 10.8. The summed E-state index contributed by atoms with van der Waals surface area (Å²) in [5.74, 6) is 0.0189. The molecule has 2 aromatic rings. The molecule has 8 heteroatoms. The molecule has 0 bridgehead atoms. The molecule has 2 heterocycles. The lowest BCUT2D eigenvalue weighted by Gasteiger charge is -2.37. The van der Waals surface area contributed by atoms with Crippen molar-refractivity contribution < 1.29 is 14.1 Å². The largest absolute Gasteiger partial charge is 0.368 e. The topological polar surface area (TPSA) is 87.8 Å². The molecule has 30 heavy (non-hydrogen) atoms. The molecule has 1 aromatic carbocycles. The van der Waals surface area contributed by atoms with Crippen LogP contribution in [0.25, 0.3) is 11.1 Å². The number of anilines is 1. The van der Waals surface area contributed by atoms with Gasteiger partial charge in [-0.15, -0.1) is 0 Å². The lowest BCUT2D eigenvalue weighted by Crippen LogP contribution is -2.49. The van der Waals surface area contributed by atoms with Crippen LogP contribution in [-0.2, 0) is 16.3 Å². The van der Waals surface area contributed by atoms with E-state index in [1.54, 1.807) is 6.20 Å². The molecule has 3 rings (SSSR count). The van der Waals surface area contributed by atoms with Crippen LogP contribution in [0, 0.1) is 5.41 Å². The van der Waals surface area contributed by atoms with Gasteiger partial charge in [0.25, 0.3) is 0 Å². The van der Waals surface area contributed by atoms with Crippen molar-refractivity contribution in [1.82, 2.24) is 15.0 Å². The van der Waals surface area contributed by atoms with Crippen molar-refractivity contribution in [3.05, 3.63) is 40.9 Å². The number of carbonyl (C=O) groups excluding carboxylic acids is 2. The summed E-state index contributed by atoms with van der Waals surface area (Å²) in [6.07, 6.45) is 2.15. The third-order valence-corrected chi connectivity index (χ3v) is 5.03. The third kappa shape index (κ3) is 5.52. The summed E-state index contributed by atoms with van der Waals surface area (Å²) in [4.78, 5) is 39.7. The first kappa shape index (κ1) is 21.7. The van der Waals surface area contributed by atoms with E-state index in [2.05, 4.69) is 31.0 Å². The van der Waals surface area contributed by atoms with E-state index in [0.29, 0.717) is 25.1 Å². The first-order valence-electron chi connectivity index (χ1n) is 10.2. The quantitative estimate of drug-likeness (QED) is 0.811. The van der Waals surface area contributed by atoms with Crippen LogP contribution in [0.5, 0.6) is 0 Å². The second kappa shape index (κ2) is 8.77. The first-order valence-corrected chi connectivity index (χ1v) is 10.2. The Labute approximate surface area is 176 Å². The Kier molecular flexibility index (Phi) is 6.34. The highest BCUT2D eigenvalue weighted by Gasteiger charge is 2.25. The van der Waals surface area contributed by atoms with E-state index in [1.165, 1.54) is 11.7 Å². The van der Waals surface area contributed by atoms with Gasteiger partial charge < -0.3 is 19.6 Å². The number of aromatic nitrogens is 1. The molecular formula is C22H30N4O4. The van der Waals surface area contributed by atoms with Crippen LogP contribution < -0.4 is 15.8 Å². The van der Waals surface area contributed by atoms with E-state index >= 15 is 0 Å². The summed E-state index contributed by atoms with van der Waals surface area (Å²) in [7, 11) is 0. The number of benzene rings is 1. The average molecular weight is 415 g/mol. The van der Waals surface area contributed by atoms with E-state index in [4.69, 9.17) is 4.52 Å². The molecule has 1 aliphatic heterocycles. The van der Waals surface area contributed by atoms with Gasteiger partial charge in [0.2, 0.25) is 11.8 Å². The number of rotatable bonds is 5. The molecule has 0 saturated carbocycles. The number of piperazine rings is 1. The van der Waals surface area contributed by atoms with Crippen molar-refractivity contribution in [2.75, 3.05) is 31.1 Å². The van der Waals surface area contributed by atoms with Crippen LogP contribution in [0.2, 0.25) is 0 Å². The molecule has 1 aromatic heterocycles. The van der Waals surface area contributed by atoms with Crippen molar-refractivity contribution in [3.8, 4) is 11.1 Å². The average Bonchev–Trinajstić information content (AvgIpc) is 3.06. The highest BCUT2D eigenvalue weighted by atomic mass is 16.5. The lowest BCUT2D eigenvalue weighted by atomic mass is 9.91. The van der Waals surface area contributed by atoms with Gasteiger partial charge in [0, 0.05) is 45.2 Å². The van der Waals surface area contributed by atoms with E-state index in [9.17, 15) is 14.4 Å². The van der Waals surface area contributed by atoms with Gasteiger partial charge in [0.1, 0.15) is 6.67 Å². The van der Waals surface area contributed by atoms with Gasteiger partial charge in [0.15, 0.2) is 0 Å². The molecule has 0 radical (unpaired) electrons. The highest BCUT2D eigenvalue weighted by Crippen LogP contribution is 2.24. The molecule has 0 atom stereocenters. The van der Waals surface area contributed by atoms with Crippen molar-refractivity contribution in [3.63, 3.8) is 0 Å². The van der Waals surface area contributed by atoms with Crippen LogP contribution in [0.1, 0.15) is 34.1 Å². The minimum Gasteiger partial charge on any atom is -0.368 e. The zero-order chi connectivity index (χ0) is 21.9. The Morgan fingerprint density at radius 3 is 2.27 bits per heavy atom. The fraction of sp³-hybridized carbons (Fsp3) is 0.500. The monoisotopic (exact) mass is 414 g/mol. The van der Waals surface area contributed by atoms with E-state index < -0.39 is 5.63 Å². The molecule has 1 fully saturated rings. The molecule has 2 amide bonds. The van der Waals surface area contributed by atoms with Crippen molar-refractivity contribution in [2.45, 2.75) is 40.8 Å². The molecule has 0 spiro atoms. The smallest absolute Gasteiger partial charge is 0.365 e. The van der Waals surface area contributed by atoms with Gasteiger partial charge in [0.05, 0.1) is 11.8 Å². The summed E-state index contributed by atoms with van der Waals surface area (Å²) < 4.78 is 6.44. The second-order valence-electron chi connectivity index (χ2n) is 8.88. The van der Waals surface area contributed by atoms with Crippen LogP contribution in [0.15, 0.2) is 39.8 Å². The van der Waals surface area contributed by atoms with Gasteiger partial charge in [-0.25, -0.2) is 4.79 Å². The maximum atomic E-state index is 12.4. The van der Waals surface area contributed by atoms with Gasteiger partial charge in [-0.1, -0.05) is 32.9 Å². The number of amides is 2. The summed E-state index contributed by atoms with van der Waals surface area (Å²) in [6, 6.07) is 7.74. The molecule has 1 N–H and O–H groups in total. The van der Waals surface area contributed by atoms with E-state index in [1.807, 2.05) is 29.2 Å². The lowest BCUT2D eigenvalue weighted by molar-refractivity contribution is -0.133. The Balaban J connectivity index is 1.61. The van der Waals surface area contributed by atoms with Crippen LogP contribution >= 0.6 is 0 Å². The normalized spacial score (nSPS) is 14.7. The third-order valence-electron chi connectivity index (χ3n) is 5.03. The number of carbonyl (C=O) groups is 2. The van der Waals surface area contributed by atoms with Crippen LogP contribution in [0.3, 0.4) is 0 Å². The Morgan fingerprint density at radius 2 is 1.70 bits per heavy atom. The number of hydrogen-bond acceptors (Lipinski definition) is 5. The number of hydrogen-bond donors (Lipinski definition) is 1. The van der Waals surface area contributed by atoms with Gasteiger partial charge in [-0.05, 0) is 23.1 Å². The zero-order valence-electron chi connectivity index (χ0n) is 18.1. The fourth-order valence-corrected chi connectivity index (χ4v) is 3.47. The van der Waals surface area contributed by atoms with E-state index in [-0.39, 0.29) is 23.9 Å². The number of nitrogens with one attached hydrogen (secondary N) is 1. The molecule has 1 saturated heterocycles. The molecule has 8 nitrogen and oxygen atoms in total. The minimum absolute atomic E-state index is 0.00215. The summed E-state index contributed by atoms with van der Waals surface area (Å²) in [5.41, 5.74) is 1.82. The highest BCUT2D eigenvalue weighted by molar-refractivity contribution is 5.77. The van der Waals surface area contributed by atoms with Gasteiger partial charge in [-0.2, -0.15) is 4.74 Å². The van der Waals surface area contributed by atoms with Crippen LogP contribution in [0.4, 0.5) is 5.69 Å². The van der Waals surface area contributed by atoms with Crippen LogP contribution in [-0.4, -0.2) is 47.6 Å². The Morgan fingerprint density at radius 1 is 1.07 bits per heavy atom. The minimum atomic E-state index is -0.445. The summed E-state index contributed by atoms with van der Waals surface area (Å²) >= 11 is 0. The SMILES string of the molecule is CC(=O)NCn1cc(-c2ccc(N3CCN(C(=O)CC(C)(C)C)CC3)cc2)c(=O)o1. The predicted octanol–water partition coefficient (Wildman–Crippen LogP) is 2.29. The Bertz CT molecular complexity index is 945. The Hall–Kier alpha value is -3.03. The maximum Gasteiger partial charge on any atom is 0.365 e. The predicted molar refractivity (Wildman–Crippen MR) is 115 cm³/mol. The molecule has 162 valence electrons. The second-order valence-corrected chi connectivity index (χ2v) is 8.88. The standard InChI is InChI=1S/C22H30N4O4/c1-16(27)23-15-26-14-19(21(29)30-26)17-5-7-18(8-6-17)24-9-11-25(12-10-24)20(28)13-22(2,3)4/h5-8,14H,9-13,15H2,1-4H3,(H,23,27). The van der Waals surface area contributed by atoms with Gasteiger partial charge >= 0.3 is 5.63 Å². The molecule has 0 unspecified atom stereocenters. The molecule has 0 aliphatic carbocycles. The van der Waals surface area contributed by atoms with E-state index in [0.717, 1.165) is 24.3 Å². The van der Waals surface area contributed by atoms with Crippen molar-refractivity contribution in [2.24, 2.45) is 5.41 Å². The maximum absolute atomic E-state index is 12.4. The first-order chi connectivity index (χ1) is 14.1. The molecular weight excluding hydrogens is 384 g/mol. The zero-order valence-corrected chi connectivity index (χ0v) is 18.1. The summed E-state index contributed by atoms with van der Waals surface area (Å²) in [5, 5.41) is 2.59. The van der Waals surface area contributed by atoms with Crippen molar-refractivity contribution >= 4 is 17.5 Å². The molecule has 1 aliphatic rings. The van der Waals surface area contributed by atoms with Crippen molar-refractivity contribution in [1.29, 1.82) is 0 Å². The number of nitrogens with zero attached hydrogens (tertiary/aromatic N) is 3. The van der Waals surface area contributed by atoms with Gasteiger partial charge in [-0.3, -0.25) is 9.59 Å².